The van der Waals surface area contributed by atoms with Crippen molar-refractivity contribution in [1.29, 1.82) is 0 Å². The fourth-order valence-electron chi connectivity index (χ4n) is 0.648. The summed E-state index contributed by atoms with van der Waals surface area (Å²) in [5.74, 6) is 0. The third kappa shape index (κ3) is 2.35. The second kappa shape index (κ2) is 3.68. The van der Waals surface area contributed by atoms with Crippen LogP contribution in [-0.2, 0) is 0 Å². The molecule has 1 rings (SSSR count). The van der Waals surface area contributed by atoms with Crippen LogP contribution in [0.25, 0.3) is 6.08 Å². The Labute approximate surface area is 63.8 Å². The topological polar surface area (TPSA) is 71.8 Å². The average molecular weight is 151 g/mol. The van der Waals surface area contributed by atoms with Gasteiger partial charge in [-0.1, -0.05) is 12.2 Å². The highest BCUT2D eigenvalue weighted by molar-refractivity contribution is 5.46. The molecule has 0 aromatic carbocycles. The molecule has 0 aliphatic carbocycles. The first-order valence-corrected chi connectivity index (χ1v) is 3.24. The Bertz CT molecular complexity index is 282. The third-order valence-electron chi connectivity index (χ3n) is 1.14. The lowest BCUT2D eigenvalue weighted by atomic mass is 10.3. The number of aromatic nitrogens is 2. The predicted molar refractivity (Wildman–Crippen MR) is 42.9 cm³/mol. The van der Waals surface area contributed by atoms with E-state index in [1.165, 1.54) is 6.20 Å². The standard InChI is InChI=1S/C7H9N3O/c8-3-1-2-6-4-9-7(11)10-5-6/h1-2,4-5H,3,8H2,(H,9,10,11). The first-order valence-electron chi connectivity index (χ1n) is 3.24. The molecule has 0 unspecified atom stereocenters. The van der Waals surface area contributed by atoms with E-state index in [0.717, 1.165) is 5.56 Å². The van der Waals surface area contributed by atoms with E-state index in [1.807, 2.05) is 0 Å². The Kier molecular flexibility index (Phi) is 2.57. The summed E-state index contributed by atoms with van der Waals surface area (Å²) in [5.41, 5.74) is 5.73. The van der Waals surface area contributed by atoms with Crippen molar-refractivity contribution in [3.8, 4) is 0 Å². The van der Waals surface area contributed by atoms with E-state index in [0.29, 0.717) is 6.54 Å². The van der Waals surface area contributed by atoms with Crippen LogP contribution in [0.3, 0.4) is 0 Å². The number of hydrogen-bond donors (Lipinski definition) is 2. The minimum Gasteiger partial charge on any atom is -0.327 e. The number of H-pyrrole nitrogens is 1. The highest BCUT2D eigenvalue weighted by atomic mass is 16.1. The summed E-state index contributed by atoms with van der Waals surface area (Å²) >= 11 is 0. The quantitative estimate of drug-likeness (QED) is 0.611. The molecule has 58 valence electrons. The first-order chi connectivity index (χ1) is 5.33. The molecule has 0 saturated carbocycles. The van der Waals surface area contributed by atoms with Gasteiger partial charge in [-0.3, -0.25) is 0 Å². The van der Waals surface area contributed by atoms with E-state index >= 15 is 0 Å². The molecule has 0 saturated heterocycles. The third-order valence-corrected chi connectivity index (χ3v) is 1.14. The fraction of sp³-hybridized carbons (Fsp3) is 0.143. The molecule has 4 heteroatoms. The monoisotopic (exact) mass is 151 g/mol. The summed E-state index contributed by atoms with van der Waals surface area (Å²) in [6.45, 7) is 0.485. The van der Waals surface area contributed by atoms with Crippen LogP contribution in [0.2, 0.25) is 0 Å². The van der Waals surface area contributed by atoms with Crippen molar-refractivity contribution >= 4 is 6.08 Å². The van der Waals surface area contributed by atoms with Gasteiger partial charge in [-0.05, 0) is 0 Å². The van der Waals surface area contributed by atoms with Gasteiger partial charge in [0.2, 0.25) is 0 Å². The Hall–Kier alpha value is -1.42. The highest BCUT2D eigenvalue weighted by Crippen LogP contribution is 1.92. The zero-order chi connectivity index (χ0) is 8.10. The van der Waals surface area contributed by atoms with Crippen molar-refractivity contribution in [3.05, 3.63) is 34.5 Å². The molecule has 0 amide bonds. The normalized spacial score (nSPS) is 10.6. The molecule has 0 aliphatic rings. The Balaban J connectivity index is 2.82. The van der Waals surface area contributed by atoms with Crippen molar-refractivity contribution in [1.82, 2.24) is 9.97 Å². The lowest BCUT2D eigenvalue weighted by molar-refractivity contribution is 1.07. The van der Waals surface area contributed by atoms with Crippen LogP contribution < -0.4 is 11.4 Å². The average Bonchev–Trinajstić information content (AvgIpc) is 2.04. The molecule has 0 bridgehead atoms. The van der Waals surface area contributed by atoms with Gasteiger partial charge in [0.05, 0.1) is 0 Å². The fourth-order valence-corrected chi connectivity index (χ4v) is 0.648. The van der Waals surface area contributed by atoms with Gasteiger partial charge in [0.15, 0.2) is 0 Å². The van der Waals surface area contributed by atoms with Gasteiger partial charge < -0.3 is 10.7 Å². The second-order valence-electron chi connectivity index (χ2n) is 1.99. The van der Waals surface area contributed by atoms with Crippen molar-refractivity contribution in [3.63, 3.8) is 0 Å². The van der Waals surface area contributed by atoms with E-state index < -0.39 is 0 Å². The van der Waals surface area contributed by atoms with E-state index in [2.05, 4.69) is 9.97 Å². The number of nitrogens with one attached hydrogen (secondary N) is 1. The van der Waals surface area contributed by atoms with Crippen LogP contribution in [0.1, 0.15) is 5.56 Å². The molecule has 4 nitrogen and oxygen atoms in total. The van der Waals surface area contributed by atoms with Crippen LogP contribution in [0.15, 0.2) is 23.3 Å². The summed E-state index contributed by atoms with van der Waals surface area (Å²) in [6.07, 6.45) is 6.66. The van der Waals surface area contributed by atoms with Crippen LogP contribution in [0.4, 0.5) is 0 Å². The van der Waals surface area contributed by atoms with E-state index in [4.69, 9.17) is 5.73 Å². The van der Waals surface area contributed by atoms with Gasteiger partial charge >= 0.3 is 5.69 Å². The van der Waals surface area contributed by atoms with Gasteiger partial charge in [-0.25, -0.2) is 9.78 Å². The Morgan fingerprint density at radius 1 is 1.73 bits per heavy atom. The molecule has 0 atom stereocenters. The number of nitrogens with zero attached hydrogens (tertiary/aromatic N) is 1. The molecule has 1 heterocycles. The summed E-state index contributed by atoms with van der Waals surface area (Å²) in [7, 11) is 0. The van der Waals surface area contributed by atoms with Crippen molar-refractivity contribution in [2.45, 2.75) is 0 Å². The van der Waals surface area contributed by atoms with Gasteiger partial charge in [-0.2, -0.15) is 0 Å². The maximum atomic E-state index is 10.5. The number of hydrogen-bond acceptors (Lipinski definition) is 3. The van der Waals surface area contributed by atoms with Gasteiger partial charge in [0.1, 0.15) is 0 Å². The van der Waals surface area contributed by atoms with Gasteiger partial charge in [0.25, 0.3) is 0 Å². The first kappa shape index (κ1) is 7.68. The summed E-state index contributed by atoms with van der Waals surface area (Å²) in [5, 5.41) is 0. The molecular weight excluding hydrogens is 142 g/mol. The minimum absolute atomic E-state index is 0.338. The summed E-state index contributed by atoms with van der Waals surface area (Å²) in [6, 6.07) is 0. The lowest BCUT2D eigenvalue weighted by Gasteiger charge is -1.88. The van der Waals surface area contributed by atoms with Crippen molar-refractivity contribution < 1.29 is 0 Å². The molecule has 0 aliphatic heterocycles. The van der Waals surface area contributed by atoms with Crippen molar-refractivity contribution in [2.75, 3.05) is 6.54 Å². The van der Waals surface area contributed by atoms with Crippen LogP contribution >= 0.6 is 0 Å². The molecular formula is C7H9N3O. The second-order valence-corrected chi connectivity index (χ2v) is 1.99. The Morgan fingerprint density at radius 3 is 3.09 bits per heavy atom. The smallest absolute Gasteiger partial charge is 0.327 e. The van der Waals surface area contributed by atoms with Crippen molar-refractivity contribution in [2.24, 2.45) is 5.73 Å². The number of nitrogens with two attached hydrogens (primary N) is 1. The van der Waals surface area contributed by atoms with Gasteiger partial charge in [-0.15, -0.1) is 0 Å². The molecule has 0 spiro atoms. The zero-order valence-electron chi connectivity index (χ0n) is 5.95. The Morgan fingerprint density at radius 2 is 2.55 bits per heavy atom. The molecule has 1 aromatic rings. The van der Waals surface area contributed by atoms with E-state index in [1.54, 1.807) is 18.3 Å². The molecule has 3 N–H and O–H groups in total. The van der Waals surface area contributed by atoms with E-state index in [9.17, 15) is 4.79 Å². The minimum atomic E-state index is -0.338. The van der Waals surface area contributed by atoms with Crippen LogP contribution in [0, 0.1) is 0 Å². The molecule has 0 radical (unpaired) electrons. The number of rotatable bonds is 2. The largest absolute Gasteiger partial charge is 0.344 e. The lowest BCUT2D eigenvalue weighted by Crippen LogP contribution is -2.07. The highest BCUT2D eigenvalue weighted by Gasteiger charge is 1.84. The van der Waals surface area contributed by atoms with Crippen LogP contribution in [0.5, 0.6) is 0 Å². The summed E-state index contributed by atoms with van der Waals surface area (Å²) in [4.78, 5) is 16.5. The SMILES string of the molecule is NCC=Cc1cnc(=O)[nH]c1. The summed E-state index contributed by atoms with van der Waals surface area (Å²) < 4.78 is 0. The molecule has 0 fully saturated rings. The van der Waals surface area contributed by atoms with Crippen LogP contribution in [-0.4, -0.2) is 16.5 Å². The molecule has 11 heavy (non-hydrogen) atoms. The zero-order valence-corrected chi connectivity index (χ0v) is 5.95. The van der Waals surface area contributed by atoms with Gasteiger partial charge in [0, 0.05) is 24.5 Å². The maximum absolute atomic E-state index is 10.5. The predicted octanol–water partition coefficient (Wildman–Crippen LogP) is -0.258. The van der Waals surface area contributed by atoms with E-state index in [-0.39, 0.29) is 5.69 Å². The number of aromatic amines is 1. The maximum Gasteiger partial charge on any atom is 0.344 e. The molecule has 1 aromatic heterocycles.